The van der Waals surface area contributed by atoms with Gasteiger partial charge in [-0.05, 0) is 34.2 Å². The molecule has 4 heteroatoms. The largest absolute Gasteiger partial charge is 0.277 e. The summed E-state index contributed by atoms with van der Waals surface area (Å²) < 4.78 is 2.22. The smallest absolute Gasteiger partial charge is 0.163 e. The van der Waals surface area contributed by atoms with Crippen molar-refractivity contribution in [1.29, 1.82) is 0 Å². The molecule has 0 bridgehead atoms. The van der Waals surface area contributed by atoms with Crippen molar-refractivity contribution >= 4 is 27.2 Å². The zero-order chi connectivity index (χ0) is 35.1. The highest BCUT2D eigenvalue weighted by Crippen LogP contribution is 2.38. The Kier molecular flexibility index (Phi) is 7.43. The SMILES string of the molecule is c1ccc(-c2nc(-c3cccc(-c4ccc(-c5nc(-c6ccccc6)n6c(-c7ccccc7)c7ccccc7c6n5)cc4)c3)cc3ccccc23)cc1. The number of rotatable bonds is 6. The van der Waals surface area contributed by atoms with Crippen molar-refractivity contribution in [2.75, 3.05) is 0 Å². The van der Waals surface area contributed by atoms with E-state index in [1.54, 1.807) is 0 Å². The fourth-order valence-electron chi connectivity index (χ4n) is 7.45. The first-order chi connectivity index (χ1) is 26.3. The van der Waals surface area contributed by atoms with E-state index in [1.807, 2.05) is 12.1 Å². The fourth-order valence-corrected chi connectivity index (χ4v) is 7.45. The van der Waals surface area contributed by atoms with Crippen molar-refractivity contribution in [3.05, 3.63) is 194 Å². The lowest BCUT2D eigenvalue weighted by atomic mass is 9.98. The van der Waals surface area contributed by atoms with Crippen LogP contribution in [0.5, 0.6) is 0 Å². The van der Waals surface area contributed by atoms with Crippen LogP contribution in [0.3, 0.4) is 0 Å². The van der Waals surface area contributed by atoms with Gasteiger partial charge in [-0.15, -0.1) is 0 Å². The molecule has 0 unspecified atom stereocenters. The number of benzene rings is 7. The van der Waals surface area contributed by atoms with E-state index in [0.29, 0.717) is 5.82 Å². The standard InChI is InChI=1S/C49H32N4/c1-4-15-34(16-5-1)45-41-24-11-10-21-39(41)32-44(50-45)40-23-14-22-38(31-40)33-27-29-36(30-28-33)47-51-48(37-19-8-3-9-20-37)53-46(35-17-6-2-7-18-35)42-25-12-13-26-43(42)49(53)52-47/h1-32H. The summed E-state index contributed by atoms with van der Waals surface area (Å²) in [5, 5.41) is 4.56. The van der Waals surface area contributed by atoms with Crippen molar-refractivity contribution in [1.82, 2.24) is 19.4 Å². The average molecular weight is 677 g/mol. The minimum Gasteiger partial charge on any atom is -0.277 e. The average Bonchev–Trinajstić information content (AvgIpc) is 3.58. The van der Waals surface area contributed by atoms with E-state index >= 15 is 0 Å². The van der Waals surface area contributed by atoms with Crippen molar-refractivity contribution in [2.24, 2.45) is 0 Å². The number of pyridine rings is 1. The second-order valence-electron chi connectivity index (χ2n) is 13.3. The molecule has 0 aliphatic carbocycles. The molecule has 7 aromatic carbocycles. The first-order valence-electron chi connectivity index (χ1n) is 17.9. The highest BCUT2D eigenvalue weighted by molar-refractivity contribution is 6.06. The van der Waals surface area contributed by atoms with E-state index < -0.39 is 0 Å². The molecule has 0 N–H and O–H groups in total. The summed E-state index contributed by atoms with van der Waals surface area (Å²) in [6.07, 6.45) is 0. The van der Waals surface area contributed by atoms with Gasteiger partial charge >= 0.3 is 0 Å². The Morgan fingerprint density at radius 3 is 1.64 bits per heavy atom. The maximum Gasteiger partial charge on any atom is 0.163 e. The lowest BCUT2D eigenvalue weighted by molar-refractivity contribution is 1.05. The Balaban J connectivity index is 1.08. The van der Waals surface area contributed by atoms with Crippen molar-refractivity contribution < 1.29 is 0 Å². The zero-order valence-corrected chi connectivity index (χ0v) is 28.8. The van der Waals surface area contributed by atoms with Crippen LogP contribution in [-0.4, -0.2) is 19.4 Å². The molecule has 10 rings (SSSR count). The van der Waals surface area contributed by atoms with E-state index in [2.05, 4.69) is 186 Å². The lowest BCUT2D eigenvalue weighted by Crippen LogP contribution is -2.03. The molecule has 0 radical (unpaired) electrons. The quantitative estimate of drug-likeness (QED) is 0.176. The summed E-state index contributed by atoms with van der Waals surface area (Å²) in [7, 11) is 0. The molecule has 0 fully saturated rings. The summed E-state index contributed by atoms with van der Waals surface area (Å²) in [5.74, 6) is 1.54. The first kappa shape index (κ1) is 30.6. The molecule has 3 aromatic heterocycles. The van der Waals surface area contributed by atoms with Crippen LogP contribution in [0.25, 0.3) is 94.9 Å². The van der Waals surface area contributed by atoms with Gasteiger partial charge in [0.05, 0.1) is 17.1 Å². The normalized spacial score (nSPS) is 11.4. The third-order valence-electron chi connectivity index (χ3n) is 10.00. The van der Waals surface area contributed by atoms with Gasteiger partial charge < -0.3 is 0 Å². The second kappa shape index (κ2) is 12.9. The number of hydrogen-bond acceptors (Lipinski definition) is 3. The summed E-state index contributed by atoms with van der Waals surface area (Å²) >= 11 is 0. The van der Waals surface area contributed by atoms with Crippen LogP contribution in [0.1, 0.15) is 0 Å². The van der Waals surface area contributed by atoms with E-state index in [4.69, 9.17) is 15.0 Å². The molecular formula is C49H32N4. The third kappa shape index (κ3) is 5.45. The summed E-state index contributed by atoms with van der Waals surface area (Å²) in [6.45, 7) is 0. The second-order valence-corrected chi connectivity index (χ2v) is 13.3. The number of nitrogens with zero attached hydrogens (tertiary/aromatic N) is 4. The van der Waals surface area contributed by atoms with Gasteiger partial charge in [0.1, 0.15) is 11.5 Å². The molecule has 3 heterocycles. The minimum atomic E-state index is 0.688. The number of hydrogen-bond donors (Lipinski definition) is 0. The Morgan fingerprint density at radius 2 is 0.906 bits per heavy atom. The maximum absolute atomic E-state index is 5.28. The van der Waals surface area contributed by atoms with Crippen LogP contribution in [0.2, 0.25) is 0 Å². The van der Waals surface area contributed by atoms with Crippen LogP contribution in [0.4, 0.5) is 0 Å². The monoisotopic (exact) mass is 676 g/mol. The molecule has 0 saturated carbocycles. The maximum atomic E-state index is 5.28. The zero-order valence-electron chi connectivity index (χ0n) is 28.8. The van der Waals surface area contributed by atoms with Gasteiger partial charge in [0.15, 0.2) is 5.82 Å². The van der Waals surface area contributed by atoms with Crippen LogP contribution in [0, 0.1) is 0 Å². The van der Waals surface area contributed by atoms with Gasteiger partial charge in [0.2, 0.25) is 0 Å². The Hall–Kier alpha value is -7.17. The summed E-state index contributed by atoms with van der Waals surface area (Å²) in [4.78, 5) is 15.8. The van der Waals surface area contributed by atoms with Crippen LogP contribution >= 0.6 is 0 Å². The van der Waals surface area contributed by atoms with Crippen LogP contribution < -0.4 is 0 Å². The van der Waals surface area contributed by atoms with E-state index in [9.17, 15) is 0 Å². The Labute approximate surface area is 307 Å². The Morgan fingerprint density at radius 1 is 0.340 bits per heavy atom. The Bertz CT molecular complexity index is 2910. The molecule has 0 aliphatic heterocycles. The van der Waals surface area contributed by atoms with Gasteiger partial charge in [0.25, 0.3) is 0 Å². The van der Waals surface area contributed by atoms with Crippen LogP contribution in [-0.2, 0) is 0 Å². The molecule has 248 valence electrons. The molecule has 0 spiro atoms. The van der Waals surface area contributed by atoms with Gasteiger partial charge in [-0.1, -0.05) is 182 Å². The third-order valence-corrected chi connectivity index (χ3v) is 10.00. The number of aromatic nitrogens is 4. The molecule has 0 aliphatic rings. The van der Waals surface area contributed by atoms with Crippen molar-refractivity contribution in [3.8, 4) is 67.7 Å². The van der Waals surface area contributed by atoms with Gasteiger partial charge in [-0.2, -0.15) is 0 Å². The predicted molar refractivity (Wildman–Crippen MR) is 218 cm³/mol. The molecule has 0 atom stereocenters. The van der Waals surface area contributed by atoms with Gasteiger partial charge in [-0.25, -0.2) is 15.0 Å². The van der Waals surface area contributed by atoms with Crippen LogP contribution in [0.15, 0.2) is 194 Å². The van der Waals surface area contributed by atoms with Crippen molar-refractivity contribution in [2.45, 2.75) is 0 Å². The number of fused-ring (bicyclic) bond motifs is 4. The lowest BCUT2D eigenvalue weighted by Gasteiger charge is -2.13. The highest BCUT2D eigenvalue weighted by atomic mass is 15.1. The highest BCUT2D eigenvalue weighted by Gasteiger charge is 2.21. The minimum absolute atomic E-state index is 0.688. The van der Waals surface area contributed by atoms with E-state index in [-0.39, 0.29) is 0 Å². The first-order valence-corrected chi connectivity index (χ1v) is 17.9. The van der Waals surface area contributed by atoms with Gasteiger partial charge in [-0.3, -0.25) is 4.40 Å². The molecule has 0 saturated heterocycles. The predicted octanol–water partition coefficient (Wildman–Crippen LogP) is 12.4. The van der Waals surface area contributed by atoms with Crippen molar-refractivity contribution in [3.63, 3.8) is 0 Å². The molecular weight excluding hydrogens is 645 g/mol. The fraction of sp³-hybridized carbons (Fsp3) is 0. The van der Waals surface area contributed by atoms with E-state index in [1.165, 1.54) is 5.39 Å². The van der Waals surface area contributed by atoms with E-state index in [0.717, 1.165) is 83.7 Å². The molecule has 53 heavy (non-hydrogen) atoms. The topological polar surface area (TPSA) is 43.1 Å². The van der Waals surface area contributed by atoms with Gasteiger partial charge in [0, 0.05) is 38.4 Å². The molecule has 0 amide bonds. The summed E-state index contributed by atoms with van der Waals surface area (Å²) in [5.41, 5.74) is 11.5. The molecule has 4 nitrogen and oxygen atoms in total. The summed E-state index contributed by atoms with van der Waals surface area (Å²) in [6, 6.07) is 67.8. The molecule has 10 aromatic rings.